The number of esters is 1. The van der Waals surface area contributed by atoms with E-state index >= 15 is 0 Å². The van der Waals surface area contributed by atoms with Crippen LogP contribution in [0, 0.1) is 12.7 Å². The van der Waals surface area contributed by atoms with Gasteiger partial charge in [-0.2, -0.15) is 0 Å². The molecule has 0 unspecified atom stereocenters. The second-order valence-electron chi connectivity index (χ2n) is 16.3. The molecule has 0 bridgehead atoms. The van der Waals surface area contributed by atoms with Gasteiger partial charge >= 0.3 is 5.97 Å². The van der Waals surface area contributed by atoms with Crippen molar-refractivity contribution in [3.05, 3.63) is 136 Å². The molecule has 17 heteroatoms. The number of likely N-dealkylation sites (N-methyl/N-ethyl adjacent to an activating group) is 1. The SMILES string of the molecule is CCOC(=O)[C@@H](Cc1cc(O)ccc1OCc1ccnc(-c2ccccc2OC)n1)Oc1nccn2c(Cl)c(-c3ccc(F)cc3)c(-c3ccc(O[C@@H](CO)CN4CCN(C)CC4)c(Cl)c3C)c12. The average molecular weight is 966 g/mol. The molecule has 0 radical (unpaired) electrons. The van der Waals surface area contributed by atoms with E-state index < -0.39 is 24.0 Å². The quantitative estimate of drug-likeness (QED) is 0.0790. The first-order valence-corrected chi connectivity index (χ1v) is 22.9. The number of halogens is 3. The molecule has 2 N–H and O–H groups in total. The minimum absolute atomic E-state index is 0.0201. The van der Waals surface area contributed by atoms with Gasteiger partial charge in [0.1, 0.15) is 52.2 Å². The maximum absolute atomic E-state index is 14.4. The molecule has 3 aromatic heterocycles. The molecule has 68 heavy (non-hydrogen) atoms. The first-order valence-electron chi connectivity index (χ1n) is 22.1. The number of aromatic hydroxyl groups is 1. The van der Waals surface area contributed by atoms with Crippen molar-refractivity contribution in [2.75, 3.05) is 60.1 Å². The molecule has 1 saturated heterocycles. The maximum atomic E-state index is 14.4. The number of aromatic nitrogens is 4. The van der Waals surface area contributed by atoms with Crippen LogP contribution in [0.2, 0.25) is 10.2 Å². The fourth-order valence-electron chi connectivity index (χ4n) is 8.22. The minimum Gasteiger partial charge on any atom is -0.508 e. The van der Waals surface area contributed by atoms with Gasteiger partial charge in [-0.1, -0.05) is 53.5 Å². The zero-order valence-electron chi connectivity index (χ0n) is 38.0. The van der Waals surface area contributed by atoms with E-state index in [1.54, 1.807) is 61.2 Å². The number of ether oxygens (including phenoxy) is 5. The third kappa shape index (κ3) is 10.6. The summed E-state index contributed by atoms with van der Waals surface area (Å²) in [4.78, 5) is 32.2. The monoisotopic (exact) mass is 964 g/mol. The second kappa shape index (κ2) is 21.6. The highest BCUT2D eigenvalue weighted by Gasteiger charge is 2.31. The topological polar surface area (TPSA) is 153 Å². The molecule has 354 valence electrons. The number of methoxy groups -OCH3 is 1. The van der Waals surface area contributed by atoms with Gasteiger partial charge in [0.05, 0.1) is 36.6 Å². The third-order valence-electron chi connectivity index (χ3n) is 11.8. The summed E-state index contributed by atoms with van der Waals surface area (Å²) in [6, 6.07) is 23.2. The molecule has 0 spiro atoms. The van der Waals surface area contributed by atoms with E-state index in [9.17, 15) is 19.4 Å². The van der Waals surface area contributed by atoms with E-state index in [0.717, 1.165) is 26.2 Å². The molecular weight excluding hydrogens is 914 g/mol. The molecule has 14 nitrogen and oxygen atoms in total. The molecule has 1 aliphatic rings. The number of carbonyl (C=O) groups excluding carboxylic acids is 1. The Kier molecular flexibility index (Phi) is 15.3. The molecule has 0 saturated carbocycles. The summed E-state index contributed by atoms with van der Waals surface area (Å²) in [6.07, 6.45) is 2.81. The standard InChI is InChI=1S/C51H51Cl2FN6O8/c1-5-65-51(63)43(27-33-26-36(62)14-16-40(33)66-30-35-18-19-55-49(57-35)39-8-6-7-9-41(39)64-4)68-50-47-45(44(32-10-12-34(54)13-11-32)48(53)60(47)21-20-56-50)38-15-17-42(46(52)31(38)2)67-37(29-61)28-59-24-22-58(3)23-25-59/h6-21,26,37,43,61-62H,5,22-25,27-30H2,1-4H3/t37-,43-/m1/s1. The number of hydrogen-bond acceptors (Lipinski definition) is 13. The van der Waals surface area contributed by atoms with E-state index in [1.807, 2.05) is 37.3 Å². The average Bonchev–Trinajstić information content (AvgIpc) is 3.65. The number of nitrogens with zero attached hydrogens (tertiary/aromatic N) is 6. The van der Waals surface area contributed by atoms with Crippen molar-refractivity contribution in [1.82, 2.24) is 29.2 Å². The lowest BCUT2D eigenvalue weighted by molar-refractivity contribution is -0.151. The van der Waals surface area contributed by atoms with E-state index in [2.05, 4.69) is 26.8 Å². The van der Waals surface area contributed by atoms with Gasteiger partial charge in [0, 0.05) is 74.4 Å². The fourth-order valence-corrected chi connectivity index (χ4v) is 8.77. The first-order chi connectivity index (χ1) is 33.0. The lowest BCUT2D eigenvalue weighted by Gasteiger charge is -2.34. The molecule has 8 rings (SSSR count). The van der Waals surface area contributed by atoms with Gasteiger partial charge in [-0.05, 0) is 92.2 Å². The van der Waals surface area contributed by atoms with Gasteiger partial charge < -0.3 is 43.2 Å². The van der Waals surface area contributed by atoms with Gasteiger partial charge in [0.2, 0.25) is 12.0 Å². The molecule has 0 amide bonds. The third-order valence-corrected chi connectivity index (χ3v) is 12.6. The van der Waals surface area contributed by atoms with Crippen LogP contribution in [0.1, 0.15) is 23.7 Å². The summed E-state index contributed by atoms with van der Waals surface area (Å²) in [7, 11) is 3.66. The summed E-state index contributed by atoms with van der Waals surface area (Å²) < 4.78 is 46.4. The van der Waals surface area contributed by atoms with Crippen LogP contribution >= 0.6 is 23.2 Å². The molecule has 2 atom stereocenters. The van der Waals surface area contributed by atoms with E-state index in [4.69, 9.17) is 51.9 Å². The summed E-state index contributed by atoms with van der Waals surface area (Å²) in [5.74, 6) is 0.638. The van der Waals surface area contributed by atoms with E-state index in [0.29, 0.717) is 84.8 Å². The molecular formula is C51H51Cl2FN6O8. The number of fused-ring (bicyclic) bond motifs is 1. The van der Waals surface area contributed by atoms with Crippen LogP contribution in [-0.4, -0.2) is 118 Å². The van der Waals surface area contributed by atoms with Gasteiger partial charge in [-0.3, -0.25) is 4.90 Å². The summed E-state index contributed by atoms with van der Waals surface area (Å²) in [6.45, 7) is 7.46. The smallest absolute Gasteiger partial charge is 0.347 e. The van der Waals surface area contributed by atoms with Crippen molar-refractivity contribution in [3.8, 4) is 62.5 Å². The number of phenols is 1. The van der Waals surface area contributed by atoms with Crippen molar-refractivity contribution >= 4 is 34.7 Å². The van der Waals surface area contributed by atoms with Crippen molar-refractivity contribution in [1.29, 1.82) is 0 Å². The predicted octanol–water partition coefficient (Wildman–Crippen LogP) is 8.71. The number of carbonyl (C=O) groups is 1. The van der Waals surface area contributed by atoms with E-state index in [1.165, 1.54) is 30.5 Å². The molecule has 4 heterocycles. The number of piperazine rings is 1. The normalized spacial score (nSPS) is 14.1. The summed E-state index contributed by atoms with van der Waals surface area (Å²) in [5, 5.41) is 21.7. The Bertz CT molecular complexity index is 2890. The number of aliphatic hydroxyl groups excluding tert-OH is 1. The Morgan fingerprint density at radius 1 is 0.882 bits per heavy atom. The number of rotatable bonds is 18. The summed E-state index contributed by atoms with van der Waals surface area (Å²) >= 11 is 14.4. The number of para-hydroxylation sites is 1. The maximum Gasteiger partial charge on any atom is 0.347 e. The highest BCUT2D eigenvalue weighted by molar-refractivity contribution is 6.35. The Balaban J connectivity index is 1.15. The predicted molar refractivity (Wildman–Crippen MR) is 257 cm³/mol. The first kappa shape index (κ1) is 48.0. The number of benzene rings is 4. The van der Waals surface area contributed by atoms with Crippen LogP contribution in [0.4, 0.5) is 4.39 Å². The highest BCUT2D eigenvalue weighted by atomic mass is 35.5. The molecule has 4 aromatic carbocycles. The largest absolute Gasteiger partial charge is 0.508 e. The molecule has 1 fully saturated rings. The lowest BCUT2D eigenvalue weighted by Crippen LogP contribution is -2.48. The van der Waals surface area contributed by atoms with Crippen LogP contribution < -0.4 is 18.9 Å². The lowest BCUT2D eigenvalue weighted by atomic mass is 9.94. The van der Waals surface area contributed by atoms with Gasteiger partial charge in [-0.15, -0.1) is 0 Å². The number of phenolic OH excluding ortho intramolecular Hbond substituents is 1. The number of hydrogen-bond donors (Lipinski definition) is 2. The highest BCUT2D eigenvalue weighted by Crippen LogP contribution is 2.48. The zero-order chi connectivity index (χ0) is 47.9. The van der Waals surface area contributed by atoms with Crippen LogP contribution in [0.5, 0.6) is 28.9 Å². The van der Waals surface area contributed by atoms with Crippen molar-refractivity contribution in [2.45, 2.75) is 39.1 Å². The Labute approximate surface area is 403 Å². The van der Waals surface area contributed by atoms with Crippen LogP contribution in [0.25, 0.3) is 39.2 Å². The van der Waals surface area contributed by atoms with Crippen LogP contribution in [-0.2, 0) is 22.6 Å². The fraction of sp³-hybridized carbons (Fsp3) is 0.294. The minimum atomic E-state index is -1.32. The van der Waals surface area contributed by atoms with Crippen molar-refractivity contribution in [2.24, 2.45) is 0 Å². The van der Waals surface area contributed by atoms with Gasteiger partial charge in [-0.25, -0.2) is 24.1 Å². The Morgan fingerprint density at radius 2 is 1.65 bits per heavy atom. The van der Waals surface area contributed by atoms with Gasteiger partial charge in [0.25, 0.3) is 0 Å². The van der Waals surface area contributed by atoms with Gasteiger partial charge in [0.15, 0.2) is 5.82 Å². The second-order valence-corrected chi connectivity index (χ2v) is 17.0. The summed E-state index contributed by atoms with van der Waals surface area (Å²) in [5.41, 5.74) is 4.98. The molecule has 7 aromatic rings. The Hall–Kier alpha value is -6.49. The van der Waals surface area contributed by atoms with Crippen LogP contribution in [0.3, 0.4) is 0 Å². The zero-order valence-corrected chi connectivity index (χ0v) is 39.5. The Morgan fingerprint density at radius 3 is 2.40 bits per heavy atom. The van der Waals surface area contributed by atoms with Crippen molar-refractivity contribution < 1.29 is 43.1 Å². The van der Waals surface area contributed by atoms with Crippen LogP contribution in [0.15, 0.2) is 104 Å². The van der Waals surface area contributed by atoms with Crippen molar-refractivity contribution in [3.63, 3.8) is 0 Å². The molecule has 0 aliphatic carbocycles. The number of aliphatic hydroxyl groups is 1. The molecule has 1 aliphatic heterocycles. The van der Waals surface area contributed by atoms with E-state index in [-0.39, 0.29) is 43.0 Å².